The van der Waals surface area contributed by atoms with Crippen LogP contribution < -0.4 is 0 Å². The molecule has 0 spiro atoms. The molecule has 3 heterocycles. The predicted molar refractivity (Wildman–Crippen MR) is 83.3 cm³/mol. The summed E-state index contributed by atoms with van der Waals surface area (Å²) in [4.78, 5) is 21.4. The number of ether oxygens (including phenoxy) is 1. The Labute approximate surface area is 132 Å². The largest absolute Gasteiger partial charge is 0.381 e. The molecule has 122 valence electrons. The van der Waals surface area contributed by atoms with E-state index in [9.17, 15) is 4.79 Å². The summed E-state index contributed by atoms with van der Waals surface area (Å²) >= 11 is 0. The molecule has 3 rings (SSSR count). The van der Waals surface area contributed by atoms with E-state index < -0.39 is 0 Å². The van der Waals surface area contributed by atoms with Crippen molar-refractivity contribution >= 4 is 5.91 Å². The van der Waals surface area contributed by atoms with E-state index in [0.29, 0.717) is 6.61 Å². The van der Waals surface area contributed by atoms with Crippen molar-refractivity contribution in [3.63, 3.8) is 0 Å². The number of rotatable bonds is 4. The van der Waals surface area contributed by atoms with Crippen LogP contribution in [0.5, 0.6) is 0 Å². The Morgan fingerprint density at radius 1 is 1.36 bits per heavy atom. The summed E-state index contributed by atoms with van der Waals surface area (Å²) < 4.78 is 7.53. The molecule has 1 aromatic heterocycles. The van der Waals surface area contributed by atoms with Crippen molar-refractivity contribution in [1.29, 1.82) is 0 Å². The van der Waals surface area contributed by atoms with Crippen molar-refractivity contribution in [2.75, 3.05) is 39.4 Å². The summed E-state index contributed by atoms with van der Waals surface area (Å²) in [5.74, 6) is 1.49. The van der Waals surface area contributed by atoms with Crippen LogP contribution in [0, 0.1) is 5.92 Å². The molecule has 1 atom stereocenters. The third kappa shape index (κ3) is 3.50. The number of carbonyl (C=O) groups excluding carboxylic acids is 1. The van der Waals surface area contributed by atoms with Crippen LogP contribution in [0.25, 0.3) is 0 Å². The van der Waals surface area contributed by atoms with E-state index in [2.05, 4.69) is 21.4 Å². The van der Waals surface area contributed by atoms with Crippen LogP contribution in [0.1, 0.15) is 25.6 Å². The highest BCUT2D eigenvalue weighted by atomic mass is 16.5. The molecule has 0 aliphatic carbocycles. The van der Waals surface area contributed by atoms with E-state index in [0.717, 1.165) is 64.5 Å². The molecule has 0 saturated carbocycles. The summed E-state index contributed by atoms with van der Waals surface area (Å²) in [6.45, 7) is 8.94. The minimum atomic E-state index is 0.0885. The van der Waals surface area contributed by atoms with Crippen LogP contribution >= 0.6 is 0 Å². The highest BCUT2D eigenvalue weighted by Gasteiger charge is 2.29. The topological polar surface area (TPSA) is 50.6 Å². The van der Waals surface area contributed by atoms with Gasteiger partial charge in [0.2, 0.25) is 5.91 Å². The van der Waals surface area contributed by atoms with Gasteiger partial charge in [-0.1, -0.05) is 0 Å². The minimum absolute atomic E-state index is 0.0885. The number of nitrogens with zero attached hydrogens (tertiary/aromatic N) is 4. The Kier molecular flexibility index (Phi) is 5.10. The molecule has 2 saturated heterocycles. The average molecular weight is 306 g/mol. The van der Waals surface area contributed by atoms with Gasteiger partial charge in [0.1, 0.15) is 5.82 Å². The van der Waals surface area contributed by atoms with Gasteiger partial charge in [0, 0.05) is 51.7 Å². The van der Waals surface area contributed by atoms with Crippen molar-refractivity contribution < 1.29 is 9.53 Å². The van der Waals surface area contributed by atoms with Gasteiger partial charge in [-0.3, -0.25) is 9.69 Å². The summed E-state index contributed by atoms with van der Waals surface area (Å²) in [5.41, 5.74) is 0. The highest BCUT2D eigenvalue weighted by Crippen LogP contribution is 2.17. The fourth-order valence-electron chi connectivity index (χ4n) is 3.32. The van der Waals surface area contributed by atoms with Gasteiger partial charge in [-0.15, -0.1) is 0 Å². The van der Waals surface area contributed by atoms with E-state index in [4.69, 9.17) is 4.74 Å². The normalized spacial score (nSPS) is 23.7. The first kappa shape index (κ1) is 15.5. The fourth-order valence-corrected chi connectivity index (χ4v) is 3.32. The Morgan fingerprint density at radius 3 is 3.05 bits per heavy atom. The van der Waals surface area contributed by atoms with Crippen molar-refractivity contribution in [3.8, 4) is 0 Å². The lowest BCUT2D eigenvalue weighted by Gasteiger charge is -2.24. The SMILES string of the molecule is CCn1ccnc1CN1CCCN(C(=O)[C@@H]2CCOC2)CC1. The summed E-state index contributed by atoms with van der Waals surface area (Å²) in [5, 5.41) is 0. The molecule has 1 amide bonds. The van der Waals surface area contributed by atoms with Crippen molar-refractivity contribution in [3.05, 3.63) is 18.2 Å². The number of aryl methyl sites for hydroxylation is 1. The van der Waals surface area contributed by atoms with Crippen LogP contribution in [0.2, 0.25) is 0 Å². The highest BCUT2D eigenvalue weighted by molar-refractivity contribution is 5.79. The molecule has 22 heavy (non-hydrogen) atoms. The second-order valence-corrected chi connectivity index (χ2v) is 6.14. The van der Waals surface area contributed by atoms with Gasteiger partial charge < -0.3 is 14.2 Å². The quantitative estimate of drug-likeness (QED) is 0.832. The first-order valence-electron chi connectivity index (χ1n) is 8.37. The summed E-state index contributed by atoms with van der Waals surface area (Å²) in [6.07, 6.45) is 5.81. The van der Waals surface area contributed by atoms with Crippen LogP contribution in [-0.2, 0) is 22.6 Å². The molecule has 6 heteroatoms. The zero-order valence-corrected chi connectivity index (χ0v) is 13.4. The second-order valence-electron chi connectivity index (χ2n) is 6.14. The van der Waals surface area contributed by atoms with E-state index in [1.807, 2.05) is 17.3 Å². The van der Waals surface area contributed by atoms with E-state index >= 15 is 0 Å². The smallest absolute Gasteiger partial charge is 0.228 e. The molecule has 0 aromatic carbocycles. The molecule has 2 aliphatic heterocycles. The van der Waals surface area contributed by atoms with Crippen molar-refractivity contribution in [2.24, 2.45) is 5.92 Å². The number of aromatic nitrogens is 2. The van der Waals surface area contributed by atoms with Crippen molar-refractivity contribution in [2.45, 2.75) is 32.9 Å². The maximum atomic E-state index is 12.5. The Bertz CT molecular complexity index is 496. The van der Waals surface area contributed by atoms with Crippen LogP contribution in [0.15, 0.2) is 12.4 Å². The third-order valence-corrected chi connectivity index (χ3v) is 4.69. The molecule has 2 fully saturated rings. The van der Waals surface area contributed by atoms with Crippen LogP contribution in [-0.4, -0.2) is 64.7 Å². The first-order chi connectivity index (χ1) is 10.8. The lowest BCUT2D eigenvalue weighted by Crippen LogP contribution is -2.39. The Balaban J connectivity index is 1.54. The molecular weight excluding hydrogens is 280 g/mol. The van der Waals surface area contributed by atoms with Gasteiger partial charge in [-0.2, -0.15) is 0 Å². The van der Waals surface area contributed by atoms with E-state index in [1.54, 1.807) is 0 Å². The Hall–Kier alpha value is -1.40. The zero-order valence-electron chi connectivity index (χ0n) is 13.4. The zero-order chi connectivity index (χ0) is 15.4. The van der Waals surface area contributed by atoms with Gasteiger partial charge in [0.05, 0.1) is 19.1 Å². The number of amides is 1. The monoisotopic (exact) mass is 306 g/mol. The number of imidazole rings is 1. The number of carbonyl (C=O) groups is 1. The maximum Gasteiger partial charge on any atom is 0.228 e. The maximum absolute atomic E-state index is 12.5. The average Bonchev–Trinajstić information content (AvgIpc) is 3.15. The predicted octanol–water partition coefficient (Wildman–Crippen LogP) is 0.974. The van der Waals surface area contributed by atoms with E-state index in [-0.39, 0.29) is 11.8 Å². The van der Waals surface area contributed by atoms with Gasteiger partial charge in [0.25, 0.3) is 0 Å². The molecule has 2 aliphatic rings. The molecular formula is C16H26N4O2. The first-order valence-corrected chi connectivity index (χ1v) is 8.37. The summed E-state index contributed by atoms with van der Waals surface area (Å²) in [6, 6.07) is 0. The van der Waals surface area contributed by atoms with Crippen LogP contribution in [0.4, 0.5) is 0 Å². The number of hydrogen-bond acceptors (Lipinski definition) is 4. The molecule has 0 N–H and O–H groups in total. The van der Waals surface area contributed by atoms with E-state index in [1.165, 1.54) is 0 Å². The number of hydrogen-bond donors (Lipinski definition) is 0. The molecule has 0 unspecified atom stereocenters. The summed E-state index contributed by atoms with van der Waals surface area (Å²) in [7, 11) is 0. The van der Waals surface area contributed by atoms with Gasteiger partial charge >= 0.3 is 0 Å². The molecule has 0 bridgehead atoms. The molecule has 0 radical (unpaired) electrons. The second kappa shape index (κ2) is 7.24. The van der Waals surface area contributed by atoms with Gasteiger partial charge in [-0.05, 0) is 19.8 Å². The molecule has 1 aromatic rings. The standard InChI is InChI=1S/C16H26N4O2/c1-2-19-8-5-17-15(19)12-18-6-3-7-20(10-9-18)16(21)14-4-11-22-13-14/h5,8,14H,2-4,6-7,9-13H2,1H3/t14-/m1/s1. The Morgan fingerprint density at radius 2 is 2.27 bits per heavy atom. The lowest BCUT2D eigenvalue weighted by atomic mass is 10.1. The molecule has 6 nitrogen and oxygen atoms in total. The van der Waals surface area contributed by atoms with Gasteiger partial charge in [-0.25, -0.2) is 4.98 Å². The van der Waals surface area contributed by atoms with Crippen LogP contribution in [0.3, 0.4) is 0 Å². The third-order valence-electron chi connectivity index (χ3n) is 4.69. The fraction of sp³-hybridized carbons (Fsp3) is 0.750. The van der Waals surface area contributed by atoms with Gasteiger partial charge in [0.15, 0.2) is 0 Å². The minimum Gasteiger partial charge on any atom is -0.381 e. The lowest BCUT2D eigenvalue weighted by molar-refractivity contribution is -0.135. The van der Waals surface area contributed by atoms with Crippen molar-refractivity contribution in [1.82, 2.24) is 19.4 Å².